The highest BCUT2D eigenvalue weighted by atomic mass is 79.9. The van der Waals surface area contributed by atoms with Gasteiger partial charge >= 0.3 is 5.82 Å². The van der Waals surface area contributed by atoms with E-state index in [4.69, 9.17) is 0 Å². The Kier molecular flexibility index (Phi) is 8.47. The Morgan fingerprint density at radius 1 is 1.32 bits per heavy atom. The predicted molar refractivity (Wildman–Crippen MR) is 125 cm³/mol. The summed E-state index contributed by atoms with van der Waals surface area (Å²) < 4.78 is 32.6. The maximum absolute atomic E-state index is 13.5. The molecule has 1 aromatic carbocycles. The number of rotatable bonds is 6. The Labute approximate surface area is 205 Å². The van der Waals surface area contributed by atoms with Crippen molar-refractivity contribution in [1.82, 2.24) is 24.4 Å². The van der Waals surface area contributed by atoms with E-state index in [9.17, 15) is 24.0 Å². The predicted octanol–water partition coefficient (Wildman–Crippen LogP) is 5.10. The first-order valence-electron chi connectivity index (χ1n) is 9.95. The first kappa shape index (κ1) is 25.5. The largest absolute Gasteiger partial charge is 0.399 e. The first-order valence-corrected chi connectivity index (χ1v) is 11.6. The fraction of sp³-hybridized carbons (Fsp3) is 0.238. The molecular weight excluding hydrogens is 534 g/mol. The molecule has 3 aromatic heterocycles. The molecule has 0 aliphatic rings. The Bertz CT molecular complexity index is 1300. The van der Waals surface area contributed by atoms with E-state index in [0.717, 1.165) is 35.1 Å². The number of hydrogen-bond acceptors (Lipinski definition) is 8. The van der Waals surface area contributed by atoms with Crippen molar-refractivity contribution < 1.29 is 18.8 Å². The summed E-state index contributed by atoms with van der Waals surface area (Å²) >= 11 is 4.26. The number of aryl methyl sites for hydroxylation is 1. The average Bonchev–Trinajstić information content (AvgIpc) is 3.43. The van der Waals surface area contributed by atoms with E-state index in [-0.39, 0.29) is 5.82 Å². The zero-order chi connectivity index (χ0) is 24.8. The van der Waals surface area contributed by atoms with Gasteiger partial charge in [-0.15, -0.1) is 5.10 Å². The van der Waals surface area contributed by atoms with E-state index >= 15 is 0 Å². The lowest BCUT2D eigenvalue weighted by Gasteiger charge is -2.11. The molecule has 0 saturated carbocycles. The Morgan fingerprint density at radius 3 is 2.71 bits per heavy atom. The molecule has 0 aliphatic heterocycles. The van der Waals surface area contributed by atoms with Crippen LogP contribution in [0.15, 0.2) is 46.5 Å². The van der Waals surface area contributed by atoms with Gasteiger partial charge in [0, 0.05) is 36.2 Å². The maximum atomic E-state index is 13.5. The van der Waals surface area contributed by atoms with Crippen LogP contribution in [0.1, 0.15) is 36.8 Å². The summed E-state index contributed by atoms with van der Waals surface area (Å²) in [5, 5.41) is 30.1. The number of halogens is 3. The van der Waals surface area contributed by atoms with Crippen LogP contribution in [0.25, 0.3) is 11.3 Å². The molecule has 3 heterocycles. The maximum Gasteiger partial charge on any atom is 0.399 e. The van der Waals surface area contributed by atoms with Gasteiger partial charge in [-0.1, -0.05) is 5.21 Å². The number of pyridine rings is 1. The molecule has 1 N–H and O–H groups in total. The molecule has 0 bridgehead atoms. The van der Waals surface area contributed by atoms with Gasteiger partial charge in [0.15, 0.2) is 6.20 Å². The minimum atomic E-state index is -0.940. The summed E-state index contributed by atoms with van der Waals surface area (Å²) in [6.07, 6.45) is 2.90. The Hall–Kier alpha value is -3.16. The second-order valence-electron chi connectivity index (χ2n) is 7.05. The zero-order valence-electron chi connectivity index (χ0n) is 18.0. The lowest BCUT2D eigenvalue weighted by atomic mass is 9.97. The van der Waals surface area contributed by atoms with Crippen LogP contribution >= 0.6 is 27.5 Å². The standard InChI is InChI=1S/C16H17FN4OS.C5H2BrFN2O2/c1-3-21-8-13(18-20-21)6-11-9-23-19-16(11)14-5-4-12(17)7-15(14)10(2)22;6-3-1-4(7)5(8-2-3)9(10)11/h4-5,7-10,22H,3,6H2,1-2H3;1-2H. The minimum absolute atomic E-state index is 0.368. The van der Waals surface area contributed by atoms with Crippen molar-refractivity contribution in [3.8, 4) is 11.3 Å². The van der Waals surface area contributed by atoms with E-state index in [2.05, 4.69) is 35.6 Å². The molecule has 34 heavy (non-hydrogen) atoms. The van der Waals surface area contributed by atoms with Gasteiger partial charge in [-0.3, -0.25) is 4.68 Å². The van der Waals surface area contributed by atoms with Gasteiger partial charge in [-0.05, 0) is 80.5 Å². The summed E-state index contributed by atoms with van der Waals surface area (Å²) in [7, 11) is 0. The molecule has 0 amide bonds. The lowest BCUT2D eigenvalue weighted by molar-refractivity contribution is -0.392. The first-order chi connectivity index (χ1) is 16.2. The molecule has 0 spiro atoms. The summed E-state index contributed by atoms with van der Waals surface area (Å²) in [4.78, 5) is 12.4. The smallest absolute Gasteiger partial charge is 0.389 e. The number of aliphatic hydroxyl groups is 1. The number of aromatic nitrogens is 5. The van der Waals surface area contributed by atoms with Crippen molar-refractivity contribution in [2.24, 2.45) is 0 Å². The second kappa shape index (κ2) is 11.3. The quantitative estimate of drug-likeness (QED) is 0.261. The van der Waals surface area contributed by atoms with Gasteiger partial charge in [0.2, 0.25) is 5.82 Å². The molecule has 0 saturated heterocycles. The van der Waals surface area contributed by atoms with Gasteiger partial charge in [-0.2, -0.15) is 8.76 Å². The van der Waals surface area contributed by atoms with Crippen molar-refractivity contribution in [2.45, 2.75) is 32.9 Å². The van der Waals surface area contributed by atoms with Crippen LogP contribution in [0.2, 0.25) is 0 Å². The molecule has 0 aliphatic carbocycles. The molecule has 0 radical (unpaired) electrons. The van der Waals surface area contributed by atoms with Gasteiger partial charge in [0.1, 0.15) is 5.82 Å². The number of nitrogens with zero attached hydrogens (tertiary/aromatic N) is 6. The molecule has 178 valence electrons. The van der Waals surface area contributed by atoms with Crippen molar-refractivity contribution in [3.63, 3.8) is 0 Å². The molecule has 0 fully saturated rings. The van der Waals surface area contributed by atoms with Crippen LogP contribution in [0.4, 0.5) is 14.6 Å². The fourth-order valence-electron chi connectivity index (χ4n) is 3.01. The van der Waals surface area contributed by atoms with Crippen LogP contribution in [0, 0.1) is 21.7 Å². The molecule has 1 atom stereocenters. The number of nitro groups is 1. The van der Waals surface area contributed by atoms with Gasteiger partial charge in [0.05, 0.1) is 22.0 Å². The molecular formula is C21H19BrF2N6O3S. The highest BCUT2D eigenvalue weighted by Crippen LogP contribution is 2.32. The van der Waals surface area contributed by atoms with Crippen molar-refractivity contribution in [3.05, 3.63) is 85.1 Å². The van der Waals surface area contributed by atoms with Gasteiger partial charge in [0.25, 0.3) is 0 Å². The van der Waals surface area contributed by atoms with Gasteiger partial charge in [-0.25, -0.2) is 4.39 Å². The minimum Gasteiger partial charge on any atom is -0.389 e. The third-order valence-corrected chi connectivity index (χ3v) is 5.72. The van der Waals surface area contributed by atoms with Crippen LogP contribution in [0.5, 0.6) is 0 Å². The molecule has 4 aromatic rings. The van der Waals surface area contributed by atoms with E-state index in [1.807, 2.05) is 18.5 Å². The van der Waals surface area contributed by atoms with Crippen molar-refractivity contribution >= 4 is 33.3 Å². The fourth-order valence-corrected chi connectivity index (χ4v) is 4.01. The third kappa shape index (κ3) is 6.24. The average molecular weight is 553 g/mol. The Morgan fingerprint density at radius 2 is 2.09 bits per heavy atom. The van der Waals surface area contributed by atoms with Crippen molar-refractivity contribution in [1.29, 1.82) is 0 Å². The summed E-state index contributed by atoms with van der Waals surface area (Å²) in [6.45, 7) is 4.40. The molecule has 13 heteroatoms. The number of benzene rings is 1. The zero-order valence-corrected chi connectivity index (χ0v) is 20.4. The lowest BCUT2D eigenvalue weighted by Crippen LogP contribution is -1.99. The Balaban J connectivity index is 0.000000248. The van der Waals surface area contributed by atoms with Crippen molar-refractivity contribution in [2.75, 3.05) is 0 Å². The van der Waals surface area contributed by atoms with Gasteiger partial charge < -0.3 is 15.2 Å². The van der Waals surface area contributed by atoms with E-state index < -0.39 is 22.7 Å². The van der Waals surface area contributed by atoms with E-state index in [1.54, 1.807) is 17.7 Å². The molecule has 4 rings (SSSR count). The monoisotopic (exact) mass is 552 g/mol. The molecule has 9 nitrogen and oxygen atoms in total. The van der Waals surface area contributed by atoms with Crippen LogP contribution < -0.4 is 0 Å². The third-order valence-electron chi connectivity index (χ3n) is 4.60. The van der Waals surface area contributed by atoms with Crippen LogP contribution in [-0.4, -0.2) is 34.4 Å². The van der Waals surface area contributed by atoms with Crippen LogP contribution in [0.3, 0.4) is 0 Å². The summed E-state index contributed by atoms with van der Waals surface area (Å²) in [5.74, 6) is -2.06. The second-order valence-corrected chi connectivity index (χ2v) is 8.60. The SMILES string of the molecule is CCn1cc(Cc2csnc2-c2ccc(F)cc2C(C)O)nn1.O=[N+]([O-])c1ncc(Br)cc1F. The number of hydrogen-bond donors (Lipinski definition) is 1. The highest BCUT2D eigenvalue weighted by Gasteiger charge is 2.17. The summed E-state index contributed by atoms with van der Waals surface area (Å²) in [5.41, 5.74) is 3.90. The number of aliphatic hydroxyl groups excluding tert-OH is 1. The normalized spacial score (nSPS) is 11.6. The topological polar surface area (TPSA) is 120 Å². The summed E-state index contributed by atoms with van der Waals surface area (Å²) in [6, 6.07) is 5.40. The molecule has 1 unspecified atom stereocenters. The highest BCUT2D eigenvalue weighted by molar-refractivity contribution is 9.10. The van der Waals surface area contributed by atoms with E-state index in [0.29, 0.717) is 16.5 Å². The van der Waals surface area contributed by atoms with E-state index in [1.165, 1.54) is 29.9 Å². The van der Waals surface area contributed by atoms with Crippen LogP contribution in [-0.2, 0) is 13.0 Å².